The van der Waals surface area contributed by atoms with Gasteiger partial charge in [0.1, 0.15) is 5.73 Å². The fourth-order valence-corrected chi connectivity index (χ4v) is 2.55. The SMILES string of the molecule is CCC(OC)[Si](N)(OC)OC. The summed E-state index contributed by atoms with van der Waals surface area (Å²) in [4.78, 5) is 0. The highest BCUT2D eigenvalue weighted by atomic mass is 28.4. The molecule has 2 N–H and O–H groups in total. The van der Waals surface area contributed by atoms with Crippen molar-refractivity contribution in [1.29, 1.82) is 0 Å². The summed E-state index contributed by atoms with van der Waals surface area (Å²) in [6, 6.07) is 0. The molecule has 0 rings (SSSR count). The first kappa shape index (κ1) is 11.1. The number of methoxy groups -OCH3 is 1. The molecule has 0 aromatic heterocycles. The van der Waals surface area contributed by atoms with Gasteiger partial charge in [-0.1, -0.05) is 6.92 Å². The fourth-order valence-electron chi connectivity index (χ4n) is 0.962. The number of ether oxygens (including phenoxy) is 1. The molecule has 0 bridgehead atoms. The minimum Gasteiger partial charge on any atom is -0.385 e. The van der Waals surface area contributed by atoms with Crippen LogP contribution in [-0.4, -0.2) is 35.8 Å². The van der Waals surface area contributed by atoms with Crippen LogP contribution in [0.3, 0.4) is 0 Å². The second-order valence-electron chi connectivity index (χ2n) is 2.26. The van der Waals surface area contributed by atoms with Crippen LogP contribution in [0.4, 0.5) is 0 Å². The molecule has 1 unspecified atom stereocenters. The van der Waals surface area contributed by atoms with Gasteiger partial charge in [0.25, 0.3) is 0 Å². The van der Waals surface area contributed by atoms with E-state index in [4.69, 9.17) is 19.0 Å². The average Bonchev–Trinajstić information content (AvgIpc) is 2.06. The van der Waals surface area contributed by atoms with E-state index in [0.29, 0.717) is 0 Å². The highest BCUT2D eigenvalue weighted by Crippen LogP contribution is 2.09. The molecule has 0 aliphatic carbocycles. The van der Waals surface area contributed by atoms with E-state index in [1.165, 1.54) is 0 Å². The lowest BCUT2D eigenvalue weighted by molar-refractivity contribution is 0.0940. The Hall–Kier alpha value is 0.0569. The third-order valence-corrected chi connectivity index (χ3v) is 4.56. The van der Waals surface area contributed by atoms with Crippen LogP contribution in [0, 0.1) is 0 Å². The van der Waals surface area contributed by atoms with Gasteiger partial charge in [0.05, 0.1) is 0 Å². The average molecular weight is 179 g/mol. The second kappa shape index (κ2) is 4.84. The first-order valence-electron chi connectivity index (χ1n) is 3.56. The van der Waals surface area contributed by atoms with Gasteiger partial charge >= 0.3 is 8.72 Å². The Labute approximate surface area is 69.0 Å². The number of hydrogen-bond donors (Lipinski definition) is 1. The van der Waals surface area contributed by atoms with Crippen molar-refractivity contribution < 1.29 is 13.6 Å². The predicted octanol–water partition coefficient (Wildman–Crippen LogP) is 0.141. The van der Waals surface area contributed by atoms with Gasteiger partial charge in [-0.2, -0.15) is 0 Å². The Morgan fingerprint density at radius 1 is 1.27 bits per heavy atom. The molecular weight excluding hydrogens is 162 g/mol. The maximum absolute atomic E-state index is 5.83. The van der Waals surface area contributed by atoms with E-state index in [1.54, 1.807) is 21.3 Å². The van der Waals surface area contributed by atoms with Crippen LogP contribution in [0.2, 0.25) is 0 Å². The second-order valence-corrected chi connectivity index (χ2v) is 5.17. The Morgan fingerprint density at radius 3 is 1.82 bits per heavy atom. The van der Waals surface area contributed by atoms with Crippen LogP contribution >= 0.6 is 0 Å². The van der Waals surface area contributed by atoms with Gasteiger partial charge < -0.3 is 19.0 Å². The molecule has 68 valence electrons. The number of nitrogens with two attached hydrogens (primary N) is 1. The minimum absolute atomic E-state index is 0.0995. The first-order chi connectivity index (χ1) is 5.14. The van der Waals surface area contributed by atoms with Crippen molar-refractivity contribution in [3.05, 3.63) is 0 Å². The monoisotopic (exact) mass is 179 g/mol. The van der Waals surface area contributed by atoms with Crippen LogP contribution in [0.1, 0.15) is 13.3 Å². The zero-order valence-corrected chi connectivity index (χ0v) is 8.59. The summed E-state index contributed by atoms with van der Waals surface area (Å²) < 4.78 is 15.3. The highest BCUT2D eigenvalue weighted by Gasteiger charge is 2.40. The van der Waals surface area contributed by atoms with Crippen molar-refractivity contribution in [2.45, 2.75) is 19.1 Å². The first-order valence-corrected chi connectivity index (χ1v) is 5.53. The van der Waals surface area contributed by atoms with Gasteiger partial charge in [0, 0.05) is 21.3 Å². The van der Waals surface area contributed by atoms with E-state index in [9.17, 15) is 0 Å². The lowest BCUT2D eigenvalue weighted by atomic mass is 10.5. The summed E-state index contributed by atoms with van der Waals surface area (Å²) in [5, 5.41) is 5.83. The van der Waals surface area contributed by atoms with Crippen LogP contribution in [0.5, 0.6) is 0 Å². The molecule has 1 atom stereocenters. The van der Waals surface area contributed by atoms with E-state index < -0.39 is 8.72 Å². The molecule has 0 amide bonds. The summed E-state index contributed by atoms with van der Waals surface area (Å²) in [5.41, 5.74) is -0.0995. The largest absolute Gasteiger partial charge is 0.452 e. The van der Waals surface area contributed by atoms with Crippen molar-refractivity contribution in [2.75, 3.05) is 21.3 Å². The van der Waals surface area contributed by atoms with Gasteiger partial charge in [0.15, 0.2) is 0 Å². The summed E-state index contributed by atoms with van der Waals surface area (Å²) >= 11 is 0. The molecule has 0 saturated carbocycles. The van der Waals surface area contributed by atoms with Crippen LogP contribution in [0.25, 0.3) is 0 Å². The molecule has 0 saturated heterocycles. The van der Waals surface area contributed by atoms with Gasteiger partial charge in [0.2, 0.25) is 0 Å². The topological polar surface area (TPSA) is 53.7 Å². The van der Waals surface area contributed by atoms with Crippen molar-refractivity contribution in [2.24, 2.45) is 5.40 Å². The van der Waals surface area contributed by atoms with E-state index in [2.05, 4.69) is 0 Å². The van der Waals surface area contributed by atoms with Gasteiger partial charge in [-0.3, -0.25) is 0 Å². The molecule has 0 spiro atoms. The van der Waals surface area contributed by atoms with E-state index in [1.807, 2.05) is 6.92 Å². The predicted molar refractivity (Wildman–Crippen MR) is 45.0 cm³/mol. The third-order valence-electron chi connectivity index (χ3n) is 1.74. The van der Waals surface area contributed by atoms with Crippen molar-refractivity contribution >= 4 is 8.72 Å². The molecule has 0 aliphatic heterocycles. The maximum atomic E-state index is 5.83. The number of hydrogen-bond acceptors (Lipinski definition) is 4. The highest BCUT2D eigenvalue weighted by molar-refractivity contribution is 6.65. The molecule has 11 heavy (non-hydrogen) atoms. The van der Waals surface area contributed by atoms with Crippen LogP contribution in [0.15, 0.2) is 0 Å². The van der Waals surface area contributed by atoms with Crippen LogP contribution in [-0.2, 0) is 13.6 Å². The zero-order chi connectivity index (χ0) is 8.91. The van der Waals surface area contributed by atoms with Gasteiger partial charge in [-0.15, -0.1) is 0 Å². The third kappa shape index (κ3) is 2.53. The standard InChI is InChI=1S/C6H17NO3Si/c1-5-6(8-2)11(7,9-3)10-4/h6H,5,7H2,1-4H3. The Kier molecular flexibility index (Phi) is 4.86. The van der Waals surface area contributed by atoms with Crippen LogP contribution < -0.4 is 5.40 Å². The van der Waals surface area contributed by atoms with Gasteiger partial charge in [-0.25, -0.2) is 0 Å². The maximum Gasteiger partial charge on any atom is 0.452 e. The molecule has 0 aromatic carbocycles. The van der Waals surface area contributed by atoms with E-state index in [0.717, 1.165) is 6.42 Å². The van der Waals surface area contributed by atoms with Crippen molar-refractivity contribution in [1.82, 2.24) is 0 Å². The number of rotatable bonds is 5. The smallest absolute Gasteiger partial charge is 0.385 e. The molecule has 0 aliphatic rings. The summed E-state index contributed by atoms with van der Waals surface area (Å²) in [5.74, 6) is 0. The van der Waals surface area contributed by atoms with Crippen molar-refractivity contribution in [3.63, 3.8) is 0 Å². The minimum atomic E-state index is -2.55. The molecular formula is C6H17NO3Si. The quantitative estimate of drug-likeness (QED) is 0.610. The summed E-state index contributed by atoms with van der Waals surface area (Å²) in [6.45, 7) is 1.99. The lowest BCUT2D eigenvalue weighted by Crippen LogP contribution is -2.61. The molecule has 0 radical (unpaired) electrons. The molecule has 0 heterocycles. The lowest BCUT2D eigenvalue weighted by Gasteiger charge is -2.28. The van der Waals surface area contributed by atoms with Crippen molar-refractivity contribution in [3.8, 4) is 0 Å². The zero-order valence-electron chi connectivity index (χ0n) is 7.59. The van der Waals surface area contributed by atoms with E-state index in [-0.39, 0.29) is 5.73 Å². The van der Waals surface area contributed by atoms with E-state index >= 15 is 0 Å². The molecule has 0 aromatic rings. The summed E-state index contributed by atoms with van der Waals surface area (Å²) in [7, 11) is 2.17. The fraction of sp³-hybridized carbons (Fsp3) is 1.00. The molecule has 5 heteroatoms. The van der Waals surface area contributed by atoms with Gasteiger partial charge in [-0.05, 0) is 6.42 Å². The Morgan fingerprint density at radius 2 is 1.73 bits per heavy atom. The Balaban J connectivity index is 4.19. The normalized spacial score (nSPS) is 15.0. The molecule has 0 fully saturated rings. The Bertz CT molecular complexity index is 104. The molecule has 4 nitrogen and oxygen atoms in total. The summed E-state index contributed by atoms with van der Waals surface area (Å²) in [6.07, 6.45) is 0.806.